The molecular weight excluding hydrogens is 163 g/mol. The number of hydrogen-bond donors (Lipinski definition) is 2. The first-order chi connectivity index (χ1) is 4.86. The van der Waals surface area contributed by atoms with Crippen LogP contribution in [-0.4, -0.2) is 51.4 Å². The van der Waals surface area contributed by atoms with Gasteiger partial charge in [0, 0.05) is 5.69 Å². The third-order valence-electron chi connectivity index (χ3n) is 1.50. The third-order valence-corrected chi connectivity index (χ3v) is 1.50. The van der Waals surface area contributed by atoms with Gasteiger partial charge in [0.25, 0.3) is 0 Å². The molecule has 0 aliphatic heterocycles. The molecule has 1 aromatic rings. The van der Waals surface area contributed by atoms with Crippen molar-refractivity contribution in [1.29, 1.82) is 0 Å². The van der Waals surface area contributed by atoms with Crippen molar-refractivity contribution >= 4 is 57.1 Å². The average molecular weight is 176 g/mol. The van der Waals surface area contributed by atoms with Crippen molar-refractivity contribution in [2.24, 2.45) is 5.84 Å². The first kappa shape index (κ1) is 11.6. The first-order valence-corrected chi connectivity index (χ1v) is 3.42. The third kappa shape index (κ3) is 3.69. The second-order valence-corrected chi connectivity index (χ2v) is 2.20. The Bertz CT molecular complexity index is 194. The number of hydrogen-bond acceptors (Lipinski definition) is 2. The average Bonchev–Trinajstić information content (AvgIpc) is 2.05. The summed E-state index contributed by atoms with van der Waals surface area (Å²) in [6.45, 7) is 2.12. The summed E-state index contributed by atoms with van der Waals surface area (Å²) in [6.07, 6.45) is 1.05. The van der Waals surface area contributed by atoms with Gasteiger partial charge in [-0.05, 0) is 24.1 Å². The number of nitrogen functional groups attached to an aromatic ring is 1. The molecule has 0 saturated heterocycles. The van der Waals surface area contributed by atoms with E-state index in [2.05, 4.69) is 18.4 Å². The van der Waals surface area contributed by atoms with E-state index in [0.717, 1.165) is 12.1 Å². The van der Waals surface area contributed by atoms with Crippen molar-refractivity contribution in [3.8, 4) is 0 Å². The summed E-state index contributed by atoms with van der Waals surface area (Å²) in [7, 11) is 0. The summed E-state index contributed by atoms with van der Waals surface area (Å²) in [5.41, 5.74) is 4.87. The second-order valence-electron chi connectivity index (χ2n) is 2.20. The molecule has 11 heavy (non-hydrogen) atoms. The summed E-state index contributed by atoms with van der Waals surface area (Å²) in [5.74, 6) is 5.22. The first-order valence-electron chi connectivity index (χ1n) is 3.42. The Balaban J connectivity index is 0.000001000. The number of anilines is 1. The molecule has 0 spiro atoms. The summed E-state index contributed by atoms with van der Waals surface area (Å²) in [5, 5.41) is 0. The van der Waals surface area contributed by atoms with Gasteiger partial charge in [0.1, 0.15) is 0 Å². The number of aryl methyl sites for hydroxylation is 1. The fourth-order valence-electron chi connectivity index (χ4n) is 0.881. The van der Waals surface area contributed by atoms with E-state index in [4.69, 9.17) is 5.84 Å². The Morgan fingerprint density at radius 1 is 1.45 bits per heavy atom. The van der Waals surface area contributed by atoms with Crippen molar-refractivity contribution in [2.45, 2.75) is 13.3 Å². The predicted molar refractivity (Wildman–Crippen MR) is 50.8 cm³/mol. The van der Waals surface area contributed by atoms with Crippen molar-refractivity contribution in [3.63, 3.8) is 0 Å². The number of rotatable bonds is 2. The van der Waals surface area contributed by atoms with E-state index in [0.29, 0.717) is 0 Å². The standard InChI is InChI=1S/C8H12N2.K.H/c1-2-7-4-3-5-8(6-7)10-9;;/h3-6,10H,2,9H2,1H3;;. The maximum absolute atomic E-state index is 5.22. The van der Waals surface area contributed by atoms with Crippen molar-refractivity contribution in [2.75, 3.05) is 5.43 Å². The summed E-state index contributed by atoms with van der Waals surface area (Å²) in [6, 6.07) is 8.06. The molecule has 3 N–H and O–H groups in total. The van der Waals surface area contributed by atoms with E-state index < -0.39 is 0 Å². The van der Waals surface area contributed by atoms with E-state index in [-0.39, 0.29) is 51.4 Å². The van der Waals surface area contributed by atoms with Crippen LogP contribution in [0.5, 0.6) is 0 Å². The van der Waals surface area contributed by atoms with Crippen LogP contribution >= 0.6 is 0 Å². The zero-order valence-corrected chi connectivity index (χ0v) is 6.09. The Labute approximate surface area is 110 Å². The summed E-state index contributed by atoms with van der Waals surface area (Å²) < 4.78 is 0. The van der Waals surface area contributed by atoms with Crippen LogP contribution in [0.3, 0.4) is 0 Å². The molecule has 1 aromatic carbocycles. The van der Waals surface area contributed by atoms with Crippen LogP contribution in [0, 0.1) is 0 Å². The molecule has 0 radical (unpaired) electrons. The molecule has 0 atom stereocenters. The van der Waals surface area contributed by atoms with Crippen molar-refractivity contribution in [1.82, 2.24) is 0 Å². The van der Waals surface area contributed by atoms with Gasteiger partial charge in [-0.15, -0.1) is 0 Å². The molecule has 0 bridgehead atoms. The molecule has 3 heteroatoms. The normalized spacial score (nSPS) is 8.55. The molecule has 2 nitrogen and oxygen atoms in total. The molecule has 1 rings (SSSR count). The molecule has 0 fully saturated rings. The van der Waals surface area contributed by atoms with Gasteiger partial charge in [-0.3, -0.25) is 5.84 Å². The van der Waals surface area contributed by atoms with Crippen LogP contribution < -0.4 is 11.3 Å². The van der Waals surface area contributed by atoms with Crippen LogP contribution in [0.1, 0.15) is 12.5 Å². The zero-order chi connectivity index (χ0) is 7.40. The molecule has 0 aliphatic carbocycles. The van der Waals surface area contributed by atoms with Crippen LogP contribution in [0.15, 0.2) is 24.3 Å². The minimum absolute atomic E-state index is 0. The Kier molecular flexibility index (Phi) is 6.51. The van der Waals surface area contributed by atoms with E-state index in [9.17, 15) is 0 Å². The molecule has 0 aromatic heterocycles. The van der Waals surface area contributed by atoms with E-state index in [1.807, 2.05) is 18.2 Å². The van der Waals surface area contributed by atoms with E-state index in [1.165, 1.54) is 5.56 Å². The second kappa shape index (κ2) is 6.17. The number of nitrogens with one attached hydrogen (secondary N) is 1. The molecule has 0 unspecified atom stereocenters. The fraction of sp³-hybridized carbons (Fsp3) is 0.250. The number of hydrazine groups is 1. The van der Waals surface area contributed by atoms with Gasteiger partial charge in [0.15, 0.2) is 0 Å². The molecule has 0 aliphatic rings. The minimum atomic E-state index is 0. The maximum atomic E-state index is 5.22. The molecule has 0 amide bonds. The van der Waals surface area contributed by atoms with Gasteiger partial charge < -0.3 is 5.43 Å². The topological polar surface area (TPSA) is 38.0 Å². The van der Waals surface area contributed by atoms with Gasteiger partial charge in [-0.1, -0.05) is 19.1 Å². The SMILES string of the molecule is CCc1cccc(NN)c1.[KH]. The molecule has 0 heterocycles. The van der Waals surface area contributed by atoms with Gasteiger partial charge in [-0.2, -0.15) is 0 Å². The quantitative estimate of drug-likeness (QED) is 0.399. The van der Waals surface area contributed by atoms with E-state index >= 15 is 0 Å². The summed E-state index contributed by atoms with van der Waals surface area (Å²) in [4.78, 5) is 0. The van der Waals surface area contributed by atoms with Crippen LogP contribution in [0.25, 0.3) is 0 Å². The van der Waals surface area contributed by atoms with Crippen LogP contribution in [0.2, 0.25) is 0 Å². The van der Waals surface area contributed by atoms with Crippen molar-refractivity contribution < 1.29 is 0 Å². The molecular formula is C8H13KN2. The van der Waals surface area contributed by atoms with Gasteiger partial charge in [0.2, 0.25) is 0 Å². The zero-order valence-electron chi connectivity index (χ0n) is 6.09. The monoisotopic (exact) mass is 176 g/mol. The molecule has 0 saturated carbocycles. The summed E-state index contributed by atoms with van der Waals surface area (Å²) >= 11 is 0. The van der Waals surface area contributed by atoms with Gasteiger partial charge >= 0.3 is 51.4 Å². The van der Waals surface area contributed by atoms with Gasteiger partial charge in [-0.25, -0.2) is 0 Å². The van der Waals surface area contributed by atoms with E-state index in [1.54, 1.807) is 0 Å². The predicted octanol–water partition coefficient (Wildman–Crippen LogP) is 0.886. The molecule has 56 valence electrons. The number of benzene rings is 1. The van der Waals surface area contributed by atoms with Crippen molar-refractivity contribution in [3.05, 3.63) is 29.8 Å². The Hall–Kier alpha value is 0.616. The van der Waals surface area contributed by atoms with Crippen LogP contribution in [-0.2, 0) is 6.42 Å². The van der Waals surface area contributed by atoms with Crippen LogP contribution in [0.4, 0.5) is 5.69 Å². The fourth-order valence-corrected chi connectivity index (χ4v) is 0.881. The van der Waals surface area contributed by atoms with Gasteiger partial charge in [0.05, 0.1) is 0 Å². The number of nitrogens with two attached hydrogens (primary N) is 1. The Morgan fingerprint density at radius 2 is 2.18 bits per heavy atom. The Morgan fingerprint density at radius 3 is 2.73 bits per heavy atom.